The van der Waals surface area contributed by atoms with Gasteiger partial charge in [-0.15, -0.1) is 0 Å². The van der Waals surface area contributed by atoms with Gasteiger partial charge in [-0.3, -0.25) is 0 Å². The number of aromatic nitrogens is 3. The lowest BCUT2D eigenvalue weighted by Crippen LogP contribution is -2.29. The first kappa shape index (κ1) is 20.9. The van der Waals surface area contributed by atoms with Crippen LogP contribution in [0.5, 0.6) is 11.5 Å². The molecule has 7 nitrogen and oxygen atoms in total. The number of hydrogen-bond donors (Lipinski definition) is 1. The van der Waals surface area contributed by atoms with Crippen LogP contribution >= 0.6 is 0 Å². The Morgan fingerprint density at radius 3 is 2.41 bits per heavy atom. The summed E-state index contributed by atoms with van der Waals surface area (Å²) in [6, 6.07) is 7.94. The van der Waals surface area contributed by atoms with Gasteiger partial charge in [0.25, 0.3) is 0 Å². The molecule has 2 heterocycles. The highest BCUT2D eigenvalue weighted by atomic mass is 16.5. The summed E-state index contributed by atoms with van der Waals surface area (Å²) in [7, 11) is 3.28. The molecule has 0 atom stereocenters. The van der Waals surface area contributed by atoms with Crippen molar-refractivity contribution in [2.75, 3.05) is 45.7 Å². The summed E-state index contributed by atoms with van der Waals surface area (Å²) in [5.41, 5.74) is 4.70. The topological polar surface area (TPSA) is 63.9 Å². The molecule has 0 aliphatic carbocycles. The first-order chi connectivity index (χ1) is 14.0. The Morgan fingerprint density at radius 1 is 1.03 bits per heavy atom. The molecule has 0 saturated carbocycles. The maximum atomic E-state index is 5.48. The molecular formula is C22H31N5O2. The van der Waals surface area contributed by atoms with Gasteiger partial charge < -0.3 is 19.7 Å². The Bertz CT molecular complexity index is 979. The fraction of sp³-hybridized carbons (Fsp3) is 0.455. The molecule has 0 bridgehead atoms. The lowest BCUT2D eigenvalue weighted by atomic mass is 10.1. The third-order valence-electron chi connectivity index (χ3n) is 5.19. The van der Waals surface area contributed by atoms with E-state index < -0.39 is 0 Å². The Hall–Kier alpha value is -2.80. The summed E-state index contributed by atoms with van der Waals surface area (Å²) in [5, 5.41) is 8.31. The number of aryl methyl sites for hydroxylation is 2. The van der Waals surface area contributed by atoms with Gasteiger partial charge in [0, 0.05) is 30.4 Å². The maximum Gasteiger partial charge on any atom is 0.165 e. The smallest absolute Gasteiger partial charge is 0.165 e. The van der Waals surface area contributed by atoms with Gasteiger partial charge in [0.05, 0.1) is 19.9 Å². The molecule has 3 aromatic rings. The molecule has 0 amide bonds. The van der Waals surface area contributed by atoms with Gasteiger partial charge in [-0.05, 0) is 44.6 Å². The molecule has 0 saturated heterocycles. The van der Waals surface area contributed by atoms with Crippen LogP contribution in [0, 0.1) is 13.8 Å². The molecule has 0 aliphatic heterocycles. The molecule has 0 unspecified atom stereocenters. The lowest BCUT2D eigenvalue weighted by molar-refractivity contribution is 0.316. The number of fused-ring (bicyclic) bond motifs is 1. The van der Waals surface area contributed by atoms with Crippen molar-refractivity contribution in [2.24, 2.45) is 0 Å². The lowest BCUT2D eigenvalue weighted by Gasteiger charge is -2.18. The number of hydrogen-bond acceptors (Lipinski definition) is 6. The number of nitrogens with one attached hydrogen (secondary N) is 1. The molecule has 0 radical (unpaired) electrons. The van der Waals surface area contributed by atoms with Crippen LogP contribution in [0.15, 0.2) is 24.3 Å². The molecule has 0 fully saturated rings. The predicted molar refractivity (Wildman–Crippen MR) is 117 cm³/mol. The fourth-order valence-electron chi connectivity index (χ4n) is 3.58. The molecule has 3 rings (SSSR count). The highest BCUT2D eigenvalue weighted by Gasteiger charge is 2.17. The molecule has 2 aromatic heterocycles. The maximum absolute atomic E-state index is 5.48. The zero-order valence-corrected chi connectivity index (χ0v) is 18.2. The van der Waals surface area contributed by atoms with E-state index in [1.54, 1.807) is 14.2 Å². The summed E-state index contributed by atoms with van der Waals surface area (Å²) < 4.78 is 12.8. The second kappa shape index (κ2) is 9.13. The highest BCUT2D eigenvalue weighted by molar-refractivity contribution is 5.82. The zero-order valence-electron chi connectivity index (χ0n) is 18.2. The molecule has 0 aliphatic rings. The second-order valence-corrected chi connectivity index (χ2v) is 7.00. The quantitative estimate of drug-likeness (QED) is 0.593. The normalized spacial score (nSPS) is 11.3. The molecule has 1 N–H and O–H groups in total. The molecule has 29 heavy (non-hydrogen) atoms. The number of rotatable bonds is 9. The third-order valence-corrected chi connectivity index (χ3v) is 5.19. The molecule has 0 spiro atoms. The van der Waals surface area contributed by atoms with Crippen molar-refractivity contribution in [1.29, 1.82) is 0 Å². The summed E-state index contributed by atoms with van der Waals surface area (Å²) in [4.78, 5) is 7.18. The van der Waals surface area contributed by atoms with Crippen LogP contribution in [0.4, 0.5) is 5.82 Å². The largest absolute Gasteiger partial charge is 0.493 e. The summed E-state index contributed by atoms with van der Waals surface area (Å²) >= 11 is 0. The van der Waals surface area contributed by atoms with Gasteiger partial charge in [0.15, 0.2) is 17.1 Å². The van der Waals surface area contributed by atoms with Gasteiger partial charge in [-0.25, -0.2) is 4.98 Å². The van der Waals surface area contributed by atoms with Crippen LogP contribution in [0.1, 0.15) is 25.2 Å². The minimum atomic E-state index is 0.689. The minimum absolute atomic E-state index is 0.689. The van der Waals surface area contributed by atoms with Gasteiger partial charge >= 0.3 is 0 Å². The summed E-state index contributed by atoms with van der Waals surface area (Å²) in [6.07, 6.45) is 0. The van der Waals surface area contributed by atoms with Crippen LogP contribution in [0.25, 0.3) is 16.8 Å². The van der Waals surface area contributed by atoms with Crippen molar-refractivity contribution in [3.05, 3.63) is 35.7 Å². The fourth-order valence-corrected chi connectivity index (χ4v) is 3.58. The Labute approximate surface area is 172 Å². The van der Waals surface area contributed by atoms with Crippen LogP contribution in [-0.2, 0) is 0 Å². The van der Waals surface area contributed by atoms with E-state index in [0.29, 0.717) is 11.5 Å². The van der Waals surface area contributed by atoms with Gasteiger partial charge in [0.1, 0.15) is 5.82 Å². The monoisotopic (exact) mass is 397 g/mol. The Morgan fingerprint density at radius 2 is 1.76 bits per heavy atom. The van der Waals surface area contributed by atoms with E-state index in [0.717, 1.165) is 60.2 Å². The Kier molecular flexibility index (Phi) is 6.59. The van der Waals surface area contributed by atoms with E-state index in [1.165, 1.54) is 0 Å². The molecule has 7 heteroatoms. The summed E-state index contributed by atoms with van der Waals surface area (Å²) in [6.45, 7) is 12.3. The number of anilines is 1. The van der Waals surface area contributed by atoms with E-state index in [9.17, 15) is 0 Å². The number of likely N-dealkylation sites (N-methyl/N-ethyl adjacent to an activating group) is 1. The number of ether oxygens (including phenoxy) is 2. The van der Waals surface area contributed by atoms with Crippen molar-refractivity contribution in [1.82, 2.24) is 19.5 Å². The van der Waals surface area contributed by atoms with Gasteiger partial charge in [-0.2, -0.15) is 9.61 Å². The summed E-state index contributed by atoms with van der Waals surface area (Å²) in [5.74, 6) is 2.34. The zero-order chi connectivity index (χ0) is 21.0. The molecule has 156 valence electrons. The first-order valence-corrected chi connectivity index (χ1v) is 10.1. The van der Waals surface area contributed by atoms with E-state index in [4.69, 9.17) is 19.6 Å². The molecular weight excluding hydrogens is 366 g/mol. The van der Waals surface area contributed by atoms with Crippen molar-refractivity contribution in [2.45, 2.75) is 27.7 Å². The van der Waals surface area contributed by atoms with Crippen LogP contribution in [0.3, 0.4) is 0 Å². The SMILES string of the molecule is CCN(CC)CCNc1cc(C)nc2c(-c3ccc(OC)c(OC)c3)c(C)nn12. The van der Waals surface area contributed by atoms with Crippen molar-refractivity contribution >= 4 is 11.5 Å². The average Bonchev–Trinajstić information content (AvgIpc) is 3.06. The predicted octanol–water partition coefficient (Wildman–Crippen LogP) is 3.78. The highest BCUT2D eigenvalue weighted by Crippen LogP contribution is 2.35. The standard InChI is InChI=1S/C22H31N5O2/c1-7-26(8-2)12-11-23-20-13-15(3)24-22-21(16(4)25-27(20)22)17-9-10-18(28-5)19(14-17)29-6/h9-10,13-14,23H,7-8,11-12H2,1-6H3. The van der Waals surface area contributed by atoms with Crippen molar-refractivity contribution in [3.63, 3.8) is 0 Å². The van der Waals surface area contributed by atoms with E-state index in [1.807, 2.05) is 42.6 Å². The van der Waals surface area contributed by atoms with E-state index >= 15 is 0 Å². The minimum Gasteiger partial charge on any atom is -0.493 e. The average molecular weight is 398 g/mol. The Balaban J connectivity index is 2.00. The van der Waals surface area contributed by atoms with Crippen LogP contribution < -0.4 is 14.8 Å². The van der Waals surface area contributed by atoms with Crippen molar-refractivity contribution in [3.8, 4) is 22.6 Å². The van der Waals surface area contributed by atoms with Gasteiger partial charge in [-0.1, -0.05) is 19.9 Å². The number of benzene rings is 1. The second-order valence-electron chi connectivity index (χ2n) is 7.00. The third kappa shape index (κ3) is 4.29. The van der Waals surface area contributed by atoms with Crippen LogP contribution in [0.2, 0.25) is 0 Å². The van der Waals surface area contributed by atoms with E-state index in [2.05, 4.69) is 24.1 Å². The first-order valence-electron chi connectivity index (χ1n) is 10.1. The number of nitrogens with zero attached hydrogens (tertiary/aromatic N) is 4. The van der Waals surface area contributed by atoms with Gasteiger partial charge in [0.2, 0.25) is 0 Å². The van der Waals surface area contributed by atoms with E-state index in [-0.39, 0.29) is 0 Å². The molecule has 1 aromatic carbocycles. The number of methoxy groups -OCH3 is 2. The van der Waals surface area contributed by atoms with Crippen molar-refractivity contribution < 1.29 is 9.47 Å². The van der Waals surface area contributed by atoms with Crippen LogP contribution in [-0.4, -0.2) is 59.9 Å².